The van der Waals surface area contributed by atoms with Crippen LogP contribution in [0.1, 0.15) is 30.0 Å². The van der Waals surface area contributed by atoms with E-state index in [-0.39, 0.29) is 0 Å². The molecule has 1 saturated heterocycles. The molecule has 0 saturated carbocycles. The van der Waals surface area contributed by atoms with Crippen LogP contribution in [0, 0.1) is 0 Å². The molecule has 0 radical (unpaired) electrons. The Labute approximate surface area is 134 Å². The lowest BCUT2D eigenvalue weighted by Crippen LogP contribution is -2.25. The predicted octanol–water partition coefficient (Wildman–Crippen LogP) is 3.04. The topological polar surface area (TPSA) is 34.0 Å². The molecule has 114 valence electrons. The maximum atomic E-state index is 4.35. The van der Waals surface area contributed by atoms with Gasteiger partial charge in [-0.05, 0) is 44.3 Å². The summed E-state index contributed by atoms with van der Waals surface area (Å²) >= 11 is 3.61. The van der Waals surface area contributed by atoms with E-state index in [1.54, 1.807) is 11.3 Å². The fraction of sp³-hybridized carbons (Fsp3) is 0.600. The third-order valence-corrected chi connectivity index (χ3v) is 6.12. The second kappa shape index (κ2) is 6.94. The summed E-state index contributed by atoms with van der Waals surface area (Å²) in [5, 5.41) is 11.8. The van der Waals surface area contributed by atoms with Crippen molar-refractivity contribution >= 4 is 23.1 Å². The summed E-state index contributed by atoms with van der Waals surface area (Å²) in [6.45, 7) is 1.25. The minimum absolute atomic E-state index is 0.760. The van der Waals surface area contributed by atoms with Crippen molar-refractivity contribution < 1.29 is 0 Å². The molecule has 4 nitrogen and oxygen atoms in total. The summed E-state index contributed by atoms with van der Waals surface area (Å²) in [5.41, 5.74) is 0. The normalized spacial score (nSPS) is 19.4. The minimum atomic E-state index is 0.760. The summed E-state index contributed by atoms with van der Waals surface area (Å²) in [7, 11) is 4.32. The number of hydrogen-bond donors (Lipinski definition) is 0. The van der Waals surface area contributed by atoms with E-state index >= 15 is 0 Å². The van der Waals surface area contributed by atoms with Gasteiger partial charge >= 0.3 is 0 Å². The van der Waals surface area contributed by atoms with Gasteiger partial charge in [0.1, 0.15) is 5.82 Å². The van der Waals surface area contributed by atoms with Crippen molar-refractivity contribution in [3.63, 3.8) is 0 Å². The molecule has 0 bridgehead atoms. The lowest BCUT2D eigenvalue weighted by molar-refractivity contribution is 0.305. The summed E-state index contributed by atoms with van der Waals surface area (Å²) in [6, 6.07) is 5.00. The molecule has 0 aromatic carbocycles. The van der Waals surface area contributed by atoms with E-state index in [1.165, 1.54) is 30.7 Å². The highest BCUT2D eigenvalue weighted by atomic mass is 32.2. The summed E-state index contributed by atoms with van der Waals surface area (Å²) in [5.74, 6) is 2.18. The van der Waals surface area contributed by atoms with Crippen molar-refractivity contribution in [3.05, 3.63) is 28.2 Å². The van der Waals surface area contributed by atoms with Gasteiger partial charge in [0.25, 0.3) is 0 Å². The van der Waals surface area contributed by atoms with Crippen LogP contribution in [0.5, 0.6) is 0 Å². The number of thiophene rings is 1. The minimum Gasteiger partial charge on any atom is -0.309 e. The van der Waals surface area contributed by atoms with Crippen LogP contribution >= 0.6 is 23.1 Å². The average molecular weight is 323 g/mol. The van der Waals surface area contributed by atoms with Gasteiger partial charge in [0.2, 0.25) is 0 Å². The molecular weight excluding hydrogens is 300 g/mol. The first-order valence-electron chi connectivity index (χ1n) is 7.47. The Morgan fingerprint density at radius 2 is 2.29 bits per heavy atom. The van der Waals surface area contributed by atoms with Gasteiger partial charge in [-0.15, -0.1) is 21.5 Å². The fourth-order valence-electron chi connectivity index (χ4n) is 2.82. The summed E-state index contributed by atoms with van der Waals surface area (Å²) in [4.78, 5) is 3.83. The predicted molar refractivity (Wildman–Crippen MR) is 89.1 cm³/mol. The number of aromatic nitrogens is 3. The van der Waals surface area contributed by atoms with Crippen LogP contribution in [0.4, 0.5) is 0 Å². The zero-order valence-corrected chi connectivity index (χ0v) is 14.3. The Morgan fingerprint density at radius 1 is 1.38 bits per heavy atom. The molecule has 3 heterocycles. The molecule has 2 aromatic heterocycles. The monoisotopic (exact) mass is 322 g/mol. The third-order valence-electron chi connectivity index (χ3n) is 4.19. The Hall–Kier alpha value is -0.850. The van der Waals surface area contributed by atoms with Gasteiger partial charge in [0.05, 0.1) is 0 Å². The summed E-state index contributed by atoms with van der Waals surface area (Å²) in [6.07, 6.45) is 4.82. The molecule has 6 heteroatoms. The second-order valence-electron chi connectivity index (χ2n) is 5.63. The maximum absolute atomic E-state index is 4.35. The number of nitrogens with zero attached hydrogens (tertiary/aromatic N) is 4. The molecule has 0 amide bonds. The zero-order chi connectivity index (χ0) is 14.7. The standard InChI is InChI=1S/C15H22N4S2/c1-18-8-3-5-12(18)7-10-21-15-17-16-14(19(15)2)11-13-6-4-9-20-13/h4,6,9,12H,3,5,7-8,10-11H2,1-2H3/t12-/m1/s1. The smallest absolute Gasteiger partial charge is 0.190 e. The summed E-state index contributed by atoms with van der Waals surface area (Å²) < 4.78 is 2.14. The Bertz CT molecular complexity index is 564. The highest BCUT2D eigenvalue weighted by molar-refractivity contribution is 7.99. The van der Waals surface area contributed by atoms with Gasteiger partial charge in [-0.3, -0.25) is 0 Å². The first-order chi connectivity index (χ1) is 10.2. The van der Waals surface area contributed by atoms with Gasteiger partial charge < -0.3 is 9.47 Å². The highest BCUT2D eigenvalue weighted by Crippen LogP contribution is 2.23. The van der Waals surface area contributed by atoms with Crippen LogP contribution in [0.15, 0.2) is 22.7 Å². The van der Waals surface area contributed by atoms with Gasteiger partial charge in [-0.1, -0.05) is 17.8 Å². The number of rotatable bonds is 6. The van der Waals surface area contributed by atoms with Crippen LogP contribution in [0.25, 0.3) is 0 Å². The first kappa shape index (κ1) is 15.1. The lowest BCUT2D eigenvalue weighted by atomic mass is 10.2. The molecule has 2 aromatic rings. The van der Waals surface area contributed by atoms with Crippen LogP contribution < -0.4 is 0 Å². The van der Waals surface area contributed by atoms with E-state index in [0.29, 0.717) is 0 Å². The molecule has 0 N–H and O–H groups in total. The van der Waals surface area contributed by atoms with Crippen molar-refractivity contribution in [1.29, 1.82) is 0 Å². The Morgan fingerprint density at radius 3 is 3.00 bits per heavy atom. The quantitative estimate of drug-likeness (QED) is 0.766. The van der Waals surface area contributed by atoms with Gasteiger partial charge in [0, 0.05) is 30.1 Å². The molecule has 1 aliphatic heterocycles. The van der Waals surface area contributed by atoms with E-state index in [2.05, 4.69) is 51.3 Å². The Balaban J connectivity index is 1.53. The average Bonchev–Trinajstić information content (AvgIpc) is 3.18. The molecule has 1 atom stereocenters. The third kappa shape index (κ3) is 3.67. The number of hydrogen-bond acceptors (Lipinski definition) is 5. The molecule has 21 heavy (non-hydrogen) atoms. The molecule has 0 aliphatic carbocycles. The SMILES string of the molecule is CN1CCC[C@@H]1CCSc1nnc(Cc2cccs2)n1C. The van der Waals surface area contributed by atoms with Crippen LogP contribution in [0.2, 0.25) is 0 Å². The van der Waals surface area contributed by atoms with E-state index in [0.717, 1.165) is 29.2 Å². The highest BCUT2D eigenvalue weighted by Gasteiger charge is 2.20. The van der Waals surface area contributed by atoms with Crippen molar-refractivity contribution in [2.75, 3.05) is 19.3 Å². The van der Waals surface area contributed by atoms with Crippen molar-refractivity contribution in [2.24, 2.45) is 7.05 Å². The molecule has 0 spiro atoms. The van der Waals surface area contributed by atoms with E-state index in [4.69, 9.17) is 0 Å². The first-order valence-corrected chi connectivity index (χ1v) is 9.34. The molecule has 0 unspecified atom stereocenters. The van der Waals surface area contributed by atoms with Gasteiger partial charge in [-0.2, -0.15) is 0 Å². The van der Waals surface area contributed by atoms with Crippen molar-refractivity contribution in [2.45, 2.75) is 36.9 Å². The van der Waals surface area contributed by atoms with Gasteiger partial charge in [-0.25, -0.2) is 0 Å². The fourth-order valence-corrected chi connectivity index (χ4v) is 4.50. The van der Waals surface area contributed by atoms with Crippen molar-refractivity contribution in [3.8, 4) is 0 Å². The maximum Gasteiger partial charge on any atom is 0.190 e. The second-order valence-corrected chi connectivity index (χ2v) is 7.72. The lowest BCUT2D eigenvalue weighted by Gasteiger charge is -2.18. The largest absolute Gasteiger partial charge is 0.309 e. The molecule has 1 aliphatic rings. The molecule has 3 rings (SSSR count). The van der Waals surface area contributed by atoms with E-state index < -0.39 is 0 Å². The van der Waals surface area contributed by atoms with Gasteiger partial charge in [0.15, 0.2) is 5.16 Å². The Kier molecular flexibility index (Phi) is 4.98. The number of likely N-dealkylation sites (tertiary alicyclic amines) is 1. The van der Waals surface area contributed by atoms with E-state index in [9.17, 15) is 0 Å². The van der Waals surface area contributed by atoms with Crippen LogP contribution in [0.3, 0.4) is 0 Å². The number of thioether (sulfide) groups is 1. The molecule has 1 fully saturated rings. The zero-order valence-electron chi connectivity index (χ0n) is 12.7. The van der Waals surface area contributed by atoms with E-state index in [1.807, 2.05) is 11.8 Å². The van der Waals surface area contributed by atoms with Crippen molar-refractivity contribution in [1.82, 2.24) is 19.7 Å². The molecular formula is C15H22N4S2. The van der Waals surface area contributed by atoms with Crippen LogP contribution in [-0.4, -0.2) is 45.1 Å². The van der Waals surface area contributed by atoms with Crippen LogP contribution in [-0.2, 0) is 13.5 Å².